The van der Waals surface area contributed by atoms with Gasteiger partial charge in [-0.1, -0.05) is 6.42 Å². The molecule has 0 spiro atoms. The van der Waals surface area contributed by atoms with Crippen LogP contribution in [0.1, 0.15) is 19.3 Å². The van der Waals surface area contributed by atoms with Crippen LogP contribution in [0.15, 0.2) is 29.2 Å². The van der Waals surface area contributed by atoms with Gasteiger partial charge >= 0.3 is 0 Å². The van der Waals surface area contributed by atoms with Gasteiger partial charge < -0.3 is 10.1 Å². The second-order valence-corrected chi connectivity index (χ2v) is 5.23. The Bertz CT molecular complexity index is 306. The molecular weight excluding hydrogens is 218 g/mol. The van der Waals surface area contributed by atoms with Crippen molar-refractivity contribution in [1.82, 2.24) is 5.32 Å². The lowest BCUT2D eigenvalue weighted by molar-refractivity contribution is 0.414. The molecule has 1 aromatic rings. The van der Waals surface area contributed by atoms with Crippen LogP contribution in [0.5, 0.6) is 5.75 Å². The lowest BCUT2D eigenvalue weighted by Gasteiger charge is -2.22. The van der Waals surface area contributed by atoms with E-state index >= 15 is 0 Å². The summed E-state index contributed by atoms with van der Waals surface area (Å²) < 4.78 is 5.14. The van der Waals surface area contributed by atoms with Crippen molar-refractivity contribution in [1.29, 1.82) is 0 Å². The zero-order valence-corrected chi connectivity index (χ0v) is 10.6. The zero-order valence-electron chi connectivity index (χ0n) is 9.74. The van der Waals surface area contributed by atoms with E-state index in [9.17, 15) is 0 Å². The number of hydrogen-bond acceptors (Lipinski definition) is 3. The quantitative estimate of drug-likeness (QED) is 0.814. The van der Waals surface area contributed by atoms with E-state index in [4.69, 9.17) is 4.74 Å². The van der Waals surface area contributed by atoms with E-state index in [0.717, 1.165) is 5.75 Å². The molecule has 0 saturated carbocycles. The molecule has 1 atom stereocenters. The summed E-state index contributed by atoms with van der Waals surface area (Å²) in [5.41, 5.74) is 0. The van der Waals surface area contributed by atoms with Crippen LogP contribution < -0.4 is 10.1 Å². The van der Waals surface area contributed by atoms with Crippen LogP contribution in [0, 0.1) is 0 Å². The predicted octanol–water partition coefficient (Wildman–Crippen LogP) is 2.93. The Kier molecular flexibility index (Phi) is 4.55. The van der Waals surface area contributed by atoms with E-state index in [1.165, 1.54) is 36.5 Å². The number of piperidine rings is 1. The SMILES string of the molecule is COc1ccc(SC[C@@H]2CCCCN2)cc1. The maximum absolute atomic E-state index is 5.14. The Morgan fingerprint density at radius 2 is 2.12 bits per heavy atom. The minimum absolute atomic E-state index is 0.695. The summed E-state index contributed by atoms with van der Waals surface area (Å²) in [7, 11) is 1.70. The van der Waals surface area contributed by atoms with Gasteiger partial charge in [0.05, 0.1) is 7.11 Å². The number of ether oxygens (including phenoxy) is 1. The molecule has 1 aliphatic rings. The Morgan fingerprint density at radius 3 is 2.75 bits per heavy atom. The minimum atomic E-state index is 0.695. The predicted molar refractivity (Wildman–Crippen MR) is 69.4 cm³/mol. The third-order valence-corrected chi connectivity index (χ3v) is 4.10. The van der Waals surface area contributed by atoms with Crippen molar-refractivity contribution in [2.75, 3.05) is 19.4 Å². The molecule has 1 N–H and O–H groups in total. The average molecular weight is 237 g/mol. The molecule has 3 heteroatoms. The fourth-order valence-corrected chi connectivity index (χ4v) is 2.94. The van der Waals surface area contributed by atoms with E-state index in [0.29, 0.717) is 6.04 Å². The molecule has 0 unspecified atom stereocenters. The number of benzene rings is 1. The lowest BCUT2D eigenvalue weighted by atomic mass is 10.1. The largest absolute Gasteiger partial charge is 0.497 e. The first-order valence-corrected chi connectivity index (χ1v) is 6.87. The second-order valence-electron chi connectivity index (χ2n) is 4.13. The molecule has 0 bridgehead atoms. The number of methoxy groups -OCH3 is 1. The molecule has 1 saturated heterocycles. The molecule has 1 aromatic carbocycles. The smallest absolute Gasteiger partial charge is 0.118 e. The third kappa shape index (κ3) is 3.42. The Labute approximate surface area is 102 Å². The number of thioether (sulfide) groups is 1. The maximum Gasteiger partial charge on any atom is 0.118 e. The molecule has 0 amide bonds. The fraction of sp³-hybridized carbons (Fsp3) is 0.538. The highest BCUT2D eigenvalue weighted by molar-refractivity contribution is 7.99. The zero-order chi connectivity index (χ0) is 11.2. The lowest BCUT2D eigenvalue weighted by Crippen LogP contribution is -2.35. The van der Waals surface area contributed by atoms with Gasteiger partial charge in [-0.25, -0.2) is 0 Å². The van der Waals surface area contributed by atoms with Gasteiger partial charge in [0.1, 0.15) is 5.75 Å². The highest BCUT2D eigenvalue weighted by Gasteiger charge is 2.12. The van der Waals surface area contributed by atoms with Gasteiger partial charge in [0.15, 0.2) is 0 Å². The molecule has 2 nitrogen and oxygen atoms in total. The van der Waals surface area contributed by atoms with Crippen LogP contribution >= 0.6 is 11.8 Å². The van der Waals surface area contributed by atoms with E-state index in [2.05, 4.69) is 17.4 Å². The Balaban J connectivity index is 1.79. The van der Waals surface area contributed by atoms with Crippen LogP contribution in [-0.4, -0.2) is 25.4 Å². The Morgan fingerprint density at radius 1 is 1.31 bits per heavy atom. The normalized spacial score (nSPS) is 20.7. The molecular formula is C13H19NOS. The van der Waals surface area contributed by atoms with E-state index < -0.39 is 0 Å². The van der Waals surface area contributed by atoms with Crippen molar-refractivity contribution in [3.05, 3.63) is 24.3 Å². The van der Waals surface area contributed by atoms with Crippen LogP contribution in [0.3, 0.4) is 0 Å². The number of hydrogen-bond donors (Lipinski definition) is 1. The summed E-state index contributed by atoms with van der Waals surface area (Å²) in [5.74, 6) is 2.10. The summed E-state index contributed by atoms with van der Waals surface area (Å²) >= 11 is 1.93. The highest BCUT2D eigenvalue weighted by Crippen LogP contribution is 2.23. The van der Waals surface area contributed by atoms with Gasteiger partial charge in [-0.05, 0) is 43.7 Å². The third-order valence-electron chi connectivity index (χ3n) is 2.92. The van der Waals surface area contributed by atoms with Gasteiger partial charge in [0, 0.05) is 16.7 Å². The van der Waals surface area contributed by atoms with Crippen molar-refractivity contribution in [2.45, 2.75) is 30.2 Å². The first-order valence-electron chi connectivity index (χ1n) is 5.89. The van der Waals surface area contributed by atoms with E-state index in [1.807, 2.05) is 23.9 Å². The summed E-state index contributed by atoms with van der Waals surface area (Å²) in [5, 5.41) is 3.57. The minimum Gasteiger partial charge on any atom is -0.497 e. The molecule has 2 rings (SSSR count). The van der Waals surface area contributed by atoms with Gasteiger partial charge in [-0.15, -0.1) is 11.8 Å². The highest BCUT2D eigenvalue weighted by atomic mass is 32.2. The van der Waals surface area contributed by atoms with Crippen molar-refractivity contribution in [3.8, 4) is 5.75 Å². The first-order chi connectivity index (χ1) is 7.88. The van der Waals surface area contributed by atoms with Crippen LogP contribution in [0.2, 0.25) is 0 Å². The molecule has 0 radical (unpaired) electrons. The van der Waals surface area contributed by atoms with Gasteiger partial charge in [-0.3, -0.25) is 0 Å². The summed E-state index contributed by atoms with van der Waals surface area (Å²) in [6, 6.07) is 9.01. The topological polar surface area (TPSA) is 21.3 Å². The molecule has 88 valence electrons. The molecule has 1 aliphatic heterocycles. The molecule has 1 fully saturated rings. The Hall–Kier alpha value is -0.670. The average Bonchev–Trinajstić information content (AvgIpc) is 2.38. The maximum atomic E-state index is 5.14. The fourth-order valence-electron chi connectivity index (χ4n) is 1.94. The van der Waals surface area contributed by atoms with Crippen molar-refractivity contribution in [2.24, 2.45) is 0 Å². The van der Waals surface area contributed by atoms with Gasteiger partial charge in [0.2, 0.25) is 0 Å². The molecule has 0 aliphatic carbocycles. The van der Waals surface area contributed by atoms with E-state index in [1.54, 1.807) is 7.11 Å². The molecule has 1 heterocycles. The first kappa shape index (κ1) is 11.8. The van der Waals surface area contributed by atoms with Crippen LogP contribution in [0.4, 0.5) is 0 Å². The standard InChI is InChI=1S/C13H19NOS/c1-15-12-5-7-13(8-6-12)16-10-11-4-2-3-9-14-11/h5-8,11,14H,2-4,9-10H2,1H3/t11-/m0/s1. The van der Waals surface area contributed by atoms with Gasteiger partial charge in [0.25, 0.3) is 0 Å². The summed E-state index contributed by atoms with van der Waals surface area (Å²) in [4.78, 5) is 1.33. The molecule has 0 aromatic heterocycles. The number of nitrogens with one attached hydrogen (secondary N) is 1. The van der Waals surface area contributed by atoms with E-state index in [-0.39, 0.29) is 0 Å². The number of rotatable bonds is 4. The summed E-state index contributed by atoms with van der Waals surface area (Å²) in [6.45, 7) is 1.19. The van der Waals surface area contributed by atoms with Gasteiger partial charge in [-0.2, -0.15) is 0 Å². The van der Waals surface area contributed by atoms with Crippen molar-refractivity contribution in [3.63, 3.8) is 0 Å². The van der Waals surface area contributed by atoms with Crippen molar-refractivity contribution < 1.29 is 4.74 Å². The molecule has 16 heavy (non-hydrogen) atoms. The monoisotopic (exact) mass is 237 g/mol. The second kappa shape index (κ2) is 6.16. The van der Waals surface area contributed by atoms with Crippen LogP contribution in [-0.2, 0) is 0 Å². The van der Waals surface area contributed by atoms with Crippen LogP contribution in [0.25, 0.3) is 0 Å². The van der Waals surface area contributed by atoms with Crippen molar-refractivity contribution >= 4 is 11.8 Å². The summed E-state index contributed by atoms with van der Waals surface area (Å²) in [6.07, 6.45) is 4.04.